The van der Waals surface area contributed by atoms with Gasteiger partial charge in [0, 0.05) is 56.7 Å². The minimum atomic E-state index is -2.72. The van der Waals surface area contributed by atoms with Crippen molar-refractivity contribution >= 4 is 16.7 Å². The second-order valence-corrected chi connectivity index (χ2v) is 8.39. The van der Waals surface area contributed by atoms with E-state index in [4.69, 9.17) is 4.74 Å². The lowest BCUT2D eigenvalue weighted by Gasteiger charge is -2.21. The maximum absolute atomic E-state index is 13.2. The molecule has 1 fully saturated rings. The number of benzene rings is 1. The zero-order valence-corrected chi connectivity index (χ0v) is 17.4. The standard InChI is InChI=1S/C22H26F2N4O2/c1-14(15-4-5-18(29)8-15)30-21-10-16(9-20-19(21)13-27(3)26-20)17-11-25-28(12-17)7-6-22(2,23)24/h9-15H,4-8H2,1-3H3/t14-,15+/m1/s1. The van der Waals surface area contributed by atoms with E-state index >= 15 is 0 Å². The topological polar surface area (TPSA) is 61.9 Å². The lowest BCUT2D eigenvalue weighted by atomic mass is 10.0. The number of fused-ring (bicyclic) bond motifs is 1. The number of carbonyl (C=O) groups excluding carboxylic acids is 1. The van der Waals surface area contributed by atoms with Gasteiger partial charge in [-0.3, -0.25) is 14.2 Å². The van der Waals surface area contributed by atoms with Crippen LogP contribution in [0.5, 0.6) is 5.75 Å². The molecule has 0 spiro atoms. The number of hydrogen-bond donors (Lipinski definition) is 0. The normalized spacial score (nSPS) is 18.3. The van der Waals surface area contributed by atoms with Gasteiger partial charge >= 0.3 is 0 Å². The molecule has 160 valence electrons. The van der Waals surface area contributed by atoms with Crippen LogP contribution in [-0.4, -0.2) is 37.4 Å². The first-order chi connectivity index (χ1) is 14.2. The van der Waals surface area contributed by atoms with Crippen molar-refractivity contribution in [3.05, 3.63) is 30.7 Å². The van der Waals surface area contributed by atoms with Gasteiger partial charge in [-0.25, -0.2) is 8.78 Å². The van der Waals surface area contributed by atoms with Gasteiger partial charge in [0.1, 0.15) is 11.5 Å². The van der Waals surface area contributed by atoms with E-state index in [-0.39, 0.29) is 25.0 Å². The van der Waals surface area contributed by atoms with E-state index in [1.165, 1.54) is 4.68 Å². The molecule has 1 aliphatic carbocycles. The van der Waals surface area contributed by atoms with Crippen LogP contribution in [0.25, 0.3) is 22.0 Å². The molecule has 0 aliphatic heterocycles. The summed E-state index contributed by atoms with van der Waals surface area (Å²) in [6.07, 6.45) is 7.02. The van der Waals surface area contributed by atoms with E-state index in [1.54, 1.807) is 17.1 Å². The van der Waals surface area contributed by atoms with E-state index < -0.39 is 5.92 Å². The number of ketones is 1. The molecule has 4 rings (SSSR count). The van der Waals surface area contributed by atoms with Gasteiger partial charge in [-0.2, -0.15) is 10.2 Å². The van der Waals surface area contributed by atoms with Crippen LogP contribution < -0.4 is 4.74 Å². The molecule has 1 saturated carbocycles. The van der Waals surface area contributed by atoms with Crippen LogP contribution >= 0.6 is 0 Å². The third-order valence-corrected chi connectivity index (χ3v) is 5.71. The third kappa shape index (κ3) is 4.52. The van der Waals surface area contributed by atoms with Crippen LogP contribution in [0.4, 0.5) is 8.78 Å². The fourth-order valence-electron chi connectivity index (χ4n) is 3.96. The molecule has 1 aliphatic rings. The van der Waals surface area contributed by atoms with Crippen LogP contribution in [0.3, 0.4) is 0 Å². The lowest BCUT2D eigenvalue weighted by molar-refractivity contribution is -0.117. The number of ether oxygens (including phenoxy) is 1. The number of rotatable bonds is 7. The maximum Gasteiger partial charge on any atom is 0.247 e. The number of aryl methyl sites for hydroxylation is 2. The average Bonchev–Trinajstić information content (AvgIpc) is 3.38. The van der Waals surface area contributed by atoms with Crippen LogP contribution in [0.1, 0.15) is 39.5 Å². The summed E-state index contributed by atoms with van der Waals surface area (Å²) in [5.74, 6) is -1.51. The second kappa shape index (κ2) is 7.81. The molecule has 8 heteroatoms. The van der Waals surface area contributed by atoms with Gasteiger partial charge < -0.3 is 4.74 Å². The molecule has 2 aromatic heterocycles. The molecule has 6 nitrogen and oxygen atoms in total. The fourth-order valence-corrected chi connectivity index (χ4v) is 3.96. The molecule has 0 amide bonds. The van der Waals surface area contributed by atoms with Crippen LogP contribution in [0.2, 0.25) is 0 Å². The van der Waals surface area contributed by atoms with Gasteiger partial charge in [0.25, 0.3) is 0 Å². The summed E-state index contributed by atoms with van der Waals surface area (Å²) < 4.78 is 35.9. The average molecular weight is 416 g/mol. The molecule has 1 aromatic carbocycles. The first-order valence-corrected chi connectivity index (χ1v) is 10.2. The Balaban J connectivity index is 1.62. The summed E-state index contributed by atoms with van der Waals surface area (Å²) in [6, 6.07) is 3.88. The van der Waals surface area contributed by atoms with Crippen LogP contribution in [0, 0.1) is 5.92 Å². The number of carbonyl (C=O) groups is 1. The van der Waals surface area contributed by atoms with Crippen molar-refractivity contribution in [3.63, 3.8) is 0 Å². The molecule has 0 saturated heterocycles. The Kier molecular flexibility index (Phi) is 5.34. The summed E-state index contributed by atoms with van der Waals surface area (Å²) in [7, 11) is 1.85. The van der Waals surface area contributed by atoms with Gasteiger partial charge in [-0.15, -0.1) is 0 Å². The number of aromatic nitrogens is 4. The van der Waals surface area contributed by atoms with E-state index in [1.807, 2.05) is 32.3 Å². The largest absolute Gasteiger partial charge is 0.490 e. The molecule has 2 atom stereocenters. The molecule has 30 heavy (non-hydrogen) atoms. The smallest absolute Gasteiger partial charge is 0.247 e. The zero-order chi connectivity index (χ0) is 21.5. The van der Waals surface area contributed by atoms with Crippen molar-refractivity contribution in [2.75, 3.05) is 0 Å². The first kappa shape index (κ1) is 20.5. The summed E-state index contributed by atoms with van der Waals surface area (Å²) >= 11 is 0. The highest BCUT2D eigenvalue weighted by atomic mass is 19.3. The maximum atomic E-state index is 13.2. The van der Waals surface area contributed by atoms with Crippen molar-refractivity contribution in [3.8, 4) is 16.9 Å². The van der Waals surface area contributed by atoms with Gasteiger partial charge in [0.15, 0.2) is 0 Å². The molecule has 3 aromatic rings. The van der Waals surface area contributed by atoms with Gasteiger partial charge in [0.2, 0.25) is 5.92 Å². The number of nitrogens with zero attached hydrogens (tertiary/aromatic N) is 4. The Morgan fingerprint density at radius 2 is 2.10 bits per heavy atom. The van der Waals surface area contributed by atoms with E-state index in [0.29, 0.717) is 24.4 Å². The Bertz CT molecular complexity index is 1070. The predicted molar refractivity (Wildman–Crippen MR) is 110 cm³/mol. The van der Waals surface area contributed by atoms with Crippen molar-refractivity contribution < 1.29 is 18.3 Å². The Morgan fingerprint density at radius 1 is 1.30 bits per heavy atom. The summed E-state index contributed by atoms with van der Waals surface area (Å²) in [5, 5.41) is 9.63. The molecular weight excluding hydrogens is 390 g/mol. The number of hydrogen-bond acceptors (Lipinski definition) is 4. The molecule has 0 bridgehead atoms. The zero-order valence-electron chi connectivity index (χ0n) is 17.4. The Morgan fingerprint density at radius 3 is 2.80 bits per heavy atom. The molecule has 2 heterocycles. The Labute approximate surface area is 173 Å². The minimum absolute atomic E-state index is 0.0929. The fraction of sp³-hybridized carbons (Fsp3) is 0.500. The van der Waals surface area contributed by atoms with Crippen molar-refractivity contribution in [2.24, 2.45) is 13.0 Å². The summed E-state index contributed by atoms with van der Waals surface area (Å²) in [4.78, 5) is 11.7. The van der Waals surface area contributed by atoms with Gasteiger partial charge in [-0.1, -0.05) is 0 Å². The summed E-state index contributed by atoms with van der Waals surface area (Å²) in [6.45, 7) is 3.06. The van der Waals surface area contributed by atoms with Crippen LogP contribution in [-0.2, 0) is 18.4 Å². The van der Waals surface area contributed by atoms with Gasteiger partial charge in [-0.05, 0) is 38.0 Å². The second-order valence-electron chi connectivity index (χ2n) is 8.39. The van der Waals surface area contributed by atoms with Crippen LogP contribution in [0.15, 0.2) is 30.7 Å². The molecular formula is C22H26F2N4O2. The third-order valence-electron chi connectivity index (χ3n) is 5.71. The minimum Gasteiger partial charge on any atom is -0.490 e. The molecule has 0 N–H and O–H groups in total. The number of halogens is 2. The number of Topliss-reactive ketones (excluding diaryl/α,β-unsaturated/α-hetero) is 1. The first-order valence-electron chi connectivity index (χ1n) is 10.2. The van der Waals surface area contributed by atoms with Gasteiger partial charge in [0.05, 0.1) is 23.2 Å². The molecule has 0 radical (unpaired) electrons. The highest BCUT2D eigenvalue weighted by molar-refractivity contribution is 5.89. The summed E-state index contributed by atoms with van der Waals surface area (Å²) in [5.41, 5.74) is 2.46. The van der Waals surface area contributed by atoms with E-state index in [2.05, 4.69) is 10.2 Å². The van der Waals surface area contributed by atoms with E-state index in [0.717, 1.165) is 35.4 Å². The predicted octanol–water partition coefficient (Wildman–Crippen LogP) is 4.62. The Hall–Kier alpha value is -2.77. The number of alkyl halides is 2. The van der Waals surface area contributed by atoms with Crippen molar-refractivity contribution in [1.29, 1.82) is 0 Å². The van der Waals surface area contributed by atoms with Crippen molar-refractivity contribution in [1.82, 2.24) is 19.6 Å². The SMILES string of the molecule is C[C@@H](Oc1cc(-c2cnn(CCC(C)(F)F)c2)cc2nn(C)cc12)[C@H]1CCC(=O)C1. The highest BCUT2D eigenvalue weighted by Gasteiger charge is 2.29. The van der Waals surface area contributed by atoms with E-state index in [9.17, 15) is 13.6 Å². The quantitative estimate of drug-likeness (QED) is 0.564. The monoisotopic (exact) mass is 416 g/mol. The highest BCUT2D eigenvalue weighted by Crippen LogP contribution is 2.35. The lowest BCUT2D eigenvalue weighted by Crippen LogP contribution is -2.21. The molecule has 0 unspecified atom stereocenters. The van der Waals surface area contributed by atoms with Crippen molar-refractivity contribution in [2.45, 2.75) is 58.1 Å².